The Balaban J connectivity index is 1.99. The number of ketones is 1. The molecule has 0 N–H and O–H groups in total. The van der Waals surface area contributed by atoms with E-state index in [4.69, 9.17) is 9.47 Å². The van der Waals surface area contributed by atoms with Crippen molar-refractivity contribution < 1.29 is 14.3 Å². The highest BCUT2D eigenvalue weighted by Crippen LogP contribution is 2.13. The van der Waals surface area contributed by atoms with Crippen molar-refractivity contribution in [3.05, 3.63) is 71.8 Å². The van der Waals surface area contributed by atoms with Gasteiger partial charge in [0.2, 0.25) is 0 Å². The summed E-state index contributed by atoms with van der Waals surface area (Å²) in [7, 11) is 1.58. The molecule has 0 spiro atoms. The van der Waals surface area contributed by atoms with Crippen LogP contribution in [0, 0.1) is 0 Å². The molecule has 20 heavy (non-hydrogen) atoms. The number of methoxy groups -OCH3 is 1. The molecule has 0 bridgehead atoms. The van der Waals surface area contributed by atoms with Crippen molar-refractivity contribution in [3.8, 4) is 5.75 Å². The summed E-state index contributed by atoms with van der Waals surface area (Å²) in [6.45, 7) is 0.224. The topological polar surface area (TPSA) is 35.5 Å². The van der Waals surface area contributed by atoms with Crippen molar-refractivity contribution in [2.45, 2.75) is 0 Å². The van der Waals surface area contributed by atoms with Crippen LogP contribution in [0.5, 0.6) is 5.75 Å². The van der Waals surface area contributed by atoms with E-state index in [-0.39, 0.29) is 12.6 Å². The lowest BCUT2D eigenvalue weighted by atomic mass is 10.1. The summed E-state index contributed by atoms with van der Waals surface area (Å²) in [5, 5.41) is 0. The minimum atomic E-state index is -0.00897. The zero-order chi connectivity index (χ0) is 14.2. The van der Waals surface area contributed by atoms with E-state index < -0.39 is 0 Å². The number of hydrogen-bond acceptors (Lipinski definition) is 3. The van der Waals surface area contributed by atoms with Crippen LogP contribution in [0.25, 0.3) is 6.08 Å². The Bertz CT molecular complexity index is 571. The Labute approximate surface area is 118 Å². The summed E-state index contributed by atoms with van der Waals surface area (Å²) in [5.74, 6) is 0.726. The zero-order valence-electron chi connectivity index (χ0n) is 11.3. The smallest absolute Gasteiger partial charge is 0.188 e. The maximum atomic E-state index is 11.9. The van der Waals surface area contributed by atoms with Gasteiger partial charge in [0.05, 0.1) is 0 Å². The second-order valence-electron chi connectivity index (χ2n) is 4.18. The number of ether oxygens (including phenoxy) is 2. The average Bonchev–Trinajstić information content (AvgIpc) is 2.52. The van der Waals surface area contributed by atoms with Gasteiger partial charge in [-0.05, 0) is 23.8 Å². The lowest BCUT2D eigenvalue weighted by Gasteiger charge is -2.04. The van der Waals surface area contributed by atoms with Crippen LogP contribution in [0.3, 0.4) is 0 Å². The maximum Gasteiger partial charge on any atom is 0.188 e. The number of allylic oxidation sites excluding steroid dienone is 1. The highest BCUT2D eigenvalue weighted by atomic mass is 16.7. The molecule has 0 fully saturated rings. The Hall–Kier alpha value is -2.39. The fraction of sp³-hybridized carbons (Fsp3) is 0.118. The second-order valence-corrected chi connectivity index (χ2v) is 4.18. The first-order valence-electron chi connectivity index (χ1n) is 6.29. The largest absolute Gasteiger partial charge is 0.468 e. The van der Waals surface area contributed by atoms with E-state index in [2.05, 4.69) is 0 Å². The number of rotatable bonds is 6. The summed E-state index contributed by atoms with van der Waals surface area (Å²) < 4.78 is 10.1. The van der Waals surface area contributed by atoms with Gasteiger partial charge >= 0.3 is 0 Å². The number of carbonyl (C=O) groups is 1. The molecule has 0 amide bonds. The lowest BCUT2D eigenvalue weighted by molar-refractivity contribution is 0.0511. The zero-order valence-corrected chi connectivity index (χ0v) is 11.3. The highest BCUT2D eigenvalue weighted by Gasteiger charge is 1.99. The van der Waals surface area contributed by atoms with E-state index >= 15 is 0 Å². The molecule has 0 aliphatic carbocycles. The molecule has 3 nitrogen and oxygen atoms in total. The molecule has 2 aromatic rings. The van der Waals surface area contributed by atoms with Gasteiger partial charge in [0, 0.05) is 12.7 Å². The Morgan fingerprint density at radius 3 is 2.40 bits per heavy atom. The Morgan fingerprint density at radius 2 is 1.75 bits per heavy atom. The van der Waals surface area contributed by atoms with Gasteiger partial charge in [0.1, 0.15) is 5.75 Å². The third-order valence-corrected chi connectivity index (χ3v) is 2.71. The summed E-state index contributed by atoms with van der Waals surface area (Å²) in [6, 6.07) is 16.6. The highest BCUT2D eigenvalue weighted by molar-refractivity contribution is 6.06. The monoisotopic (exact) mass is 268 g/mol. The first kappa shape index (κ1) is 14.0. The Morgan fingerprint density at radius 1 is 1.05 bits per heavy atom. The molecule has 3 heteroatoms. The normalized spacial score (nSPS) is 10.7. The number of hydrogen-bond donors (Lipinski definition) is 0. The molecule has 0 saturated heterocycles. The standard InChI is InChI=1S/C17H16O3/c1-19-13-20-16-10-7-14(8-11-16)9-12-17(18)15-5-3-2-4-6-15/h2-12H,13H2,1H3. The van der Waals surface area contributed by atoms with E-state index in [1.165, 1.54) is 0 Å². The van der Waals surface area contributed by atoms with Crippen LogP contribution in [0.15, 0.2) is 60.7 Å². The molecule has 0 heterocycles. The molecule has 2 aromatic carbocycles. The third-order valence-electron chi connectivity index (χ3n) is 2.71. The fourth-order valence-electron chi connectivity index (χ4n) is 1.67. The van der Waals surface area contributed by atoms with Gasteiger partial charge in [-0.25, -0.2) is 0 Å². The van der Waals surface area contributed by atoms with Gasteiger partial charge in [-0.15, -0.1) is 0 Å². The molecule has 0 aromatic heterocycles. The van der Waals surface area contributed by atoms with Crippen LogP contribution in [0.2, 0.25) is 0 Å². The van der Waals surface area contributed by atoms with Crippen molar-refractivity contribution in [2.24, 2.45) is 0 Å². The first-order valence-corrected chi connectivity index (χ1v) is 6.29. The van der Waals surface area contributed by atoms with Crippen molar-refractivity contribution in [1.29, 1.82) is 0 Å². The van der Waals surface area contributed by atoms with E-state index in [1.807, 2.05) is 42.5 Å². The molecule has 0 aliphatic heterocycles. The average molecular weight is 268 g/mol. The molecule has 0 saturated carbocycles. The fourth-order valence-corrected chi connectivity index (χ4v) is 1.67. The lowest BCUT2D eigenvalue weighted by Crippen LogP contribution is -1.98. The molecule has 0 radical (unpaired) electrons. The molecule has 2 rings (SSSR count). The quantitative estimate of drug-likeness (QED) is 0.456. The summed E-state index contributed by atoms with van der Waals surface area (Å²) >= 11 is 0. The van der Waals surface area contributed by atoms with Gasteiger partial charge in [0.25, 0.3) is 0 Å². The van der Waals surface area contributed by atoms with Gasteiger partial charge in [-0.1, -0.05) is 48.5 Å². The van der Waals surface area contributed by atoms with Crippen molar-refractivity contribution in [3.63, 3.8) is 0 Å². The van der Waals surface area contributed by atoms with Gasteiger partial charge in [0.15, 0.2) is 12.6 Å². The van der Waals surface area contributed by atoms with Gasteiger partial charge in [-0.2, -0.15) is 0 Å². The molecular formula is C17H16O3. The van der Waals surface area contributed by atoms with E-state index in [0.717, 1.165) is 11.3 Å². The Kier molecular flexibility index (Phi) is 5.09. The minimum Gasteiger partial charge on any atom is -0.468 e. The molecule has 0 aliphatic rings. The van der Waals surface area contributed by atoms with Gasteiger partial charge in [-0.3, -0.25) is 4.79 Å². The van der Waals surface area contributed by atoms with Crippen LogP contribution < -0.4 is 4.74 Å². The second kappa shape index (κ2) is 7.26. The van der Waals surface area contributed by atoms with Crippen molar-refractivity contribution >= 4 is 11.9 Å². The summed E-state index contributed by atoms with van der Waals surface area (Å²) in [5.41, 5.74) is 1.63. The van der Waals surface area contributed by atoms with Crippen LogP contribution in [-0.2, 0) is 4.74 Å². The van der Waals surface area contributed by atoms with E-state index in [9.17, 15) is 4.79 Å². The molecule has 102 valence electrons. The number of benzene rings is 2. The number of carbonyl (C=O) groups excluding carboxylic acids is 1. The van der Waals surface area contributed by atoms with Crippen molar-refractivity contribution in [1.82, 2.24) is 0 Å². The molecular weight excluding hydrogens is 252 g/mol. The first-order chi connectivity index (χ1) is 9.79. The van der Waals surface area contributed by atoms with E-state index in [1.54, 1.807) is 31.4 Å². The van der Waals surface area contributed by atoms with Crippen LogP contribution in [-0.4, -0.2) is 19.7 Å². The predicted octanol–water partition coefficient (Wildman–Crippen LogP) is 3.57. The van der Waals surface area contributed by atoms with Crippen LogP contribution in [0.4, 0.5) is 0 Å². The van der Waals surface area contributed by atoms with E-state index in [0.29, 0.717) is 5.56 Å². The summed E-state index contributed by atoms with van der Waals surface area (Å²) in [6.07, 6.45) is 3.36. The molecule has 0 atom stereocenters. The van der Waals surface area contributed by atoms with Crippen molar-refractivity contribution in [2.75, 3.05) is 13.9 Å². The maximum absolute atomic E-state index is 11.9. The van der Waals surface area contributed by atoms with Gasteiger partial charge < -0.3 is 9.47 Å². The van der Waals surface area contributed by atoms with Crippen LogP contribution in [0.1, 0.15) is 15.9 Å². The summed E-state index contributed by atoms with van der Waals surface area (Å²) in [4.78, 5) is 11.9. The van der Waals surface area contributed by atoms with Crippen LogP contribution >= 0.6 is 0 Å². The predicted molar refractivity (Wildman–Crippen MR) is 78.8 cm³/mol. The minimum absolute atomic E-state index is 0.00897. The third kappa shape index (κ3) is 4.07. The molecule has 0 unspecified atom stereocenters. The SMILES string of the molecule is COCOc1ccc(C=CC(=O)c2ccccc2)cc1.